The van der Waals surface area contributed by atoms with Crippen molar-refractivity contribution < 1.29 is 29.0 Å². The van der Waals surface area contributed by atoms with Crippen LogP contribution in [0.2, 0.25) is 0 Å². The number of ketones is 2. The maximum Gasteiger partial charge on any atom is 0.335 e. The van der Waals surface area contributed by atoms with E-state index in [4.69, 9.17) is 4.74 Å². The van der Waals surface area contributed by atoms with Crippen molar-refractivity contribution in [1.82, 2.24) is 0 Å². The molecule has 2 atom stereocenters. The van der Waals surface area contributed by atoms with E-state index in [-0.39, 0.29) is 16.8 Å². The van der Waals surface area contributed by atoms with E-state index in [1.807, 2.05) is 0 Å². The van der Waals surface area contributed by atoms with Gasteiger partial charge in [0.15, 0.2) is 5.78 Å². The Hall–Kier alpha value is -4.26. The summed E-state index contributed by atoms with van der Waals surface area (Å²) in [5.74, 6) is -4.05. The van der Waals surface area contributed by atoms with Crippen LogP contribution in [0.15, 0.2) is 78.9 Å². The Morgan fingerprint density at radius 1 is 0.875 bits per heavy atom. The number of nitrogens with zero attached hydrogens (tertiary/aromatic N) is 1. The van der Waals surface area contributed by atoms with Crippen LogP contribution < -0.4 is 9.64 Å². The second-order valence-electron chi connectivity index (χ2n) is 7.32. The average molecular weight is 429 g/mol. The zero-order chi connectivity index (χ0) is 22.8. The SMILES string of the molecule is COc1ccc(C(=O)C2C(=O)C(=O)N(c3cccc(C(=O)O)c3)C2c2ccccc2)cc1. The van der Waals surface area contributed by atoms with Crippen LogP contribution >= 0.6 is 0 Å². The normalized spacial score (nSPS) is 18.0. The van der Waals surface area contributed by atoms with Crippen molar-refractivity contribution >= 4 is 29.1 Å². The van der Waals surface area contributed by atoms with Gasteiger partial charge in [0.2, 0.25) is 5.78 Å². The predicted octanol–water partition coefficient (Wildman–Crippen LogP) is 3.55. The van der Waals surface area contributed by atoms with Crippen LogP contribution in [0, 0.1) is 5.92 Å². The first-order valence-electron chi connectivity index (χ1n) is 9.86. The molecule has 0 aromatic heterocycles. The number of amides is 1. The van der Waals surface area contributed by atoms with Crippen molar-refractivity contribution in [3.8, 4) is 5.75 Å². The number of benzene rings is 3. The van der Waals surface area contributed by atoms with Gasteiger partial charge in [-0.2, -0.15) is 0 Å². The number of aromatic carboxylic acids is 1. The smallest absolute Gasteiger partial charge is 0.335 e. The summed E-state index contributed by atoms with van der Waals surface area (Å²) in [6.07, 6.45) is 0. The van der Waals surface area contributed by atoms with Crippen molar-refractivity contribution in [3.05, 3.63) is 95.6 Å². The van der Waals surface area contributed by atoms with E-state index in [1.165, 1.54) is 30.2 Å². The molecule has 0 bridgehead atoms. The molecular weight excluding hydrogens is 410 g/mol. The van der Waals surface area contributed by atoms with Gasteiger partial charge in [0.05, 0.1) is 18.7 Å². The number of methoxy groups -OCH3 is 1. The van der Waals surface area contributed by atoms with Crippen LogP contribution in [0.1, 0.15) is 32.3 Å². The van der Waals surface area contributed by atoms with Gasteiger partial charge in [0.25, 0.3) is 5.91 Å². The zero-order valence-electron chi connectivity index (χ0n) is 17.1. The summed E-state index contributed by atoms with van der Waals surface area (Å²) < 4.78 is 5.12. The molecule has 1 aliphatic rings. The molecule has 2 unspecified atom stereocenters. The van der Waals surface area contributed by atoms with E-state index in [0.717, 1.165) is 0 Å². The number of carboxylic acid groups (broad SMARTS) is 1. The number of rotatable bonds is 6. The molecular formula is C25H19NO6. The molecule has 0 radical (unpaired) electrons. The first-order valence-corrected chi connectivity index (χ1v) is 9.86. The highest BCUT2D eigenvalue weighted by molar-refractivity contribution is 6.49. The number of carbonyl (C=O) groups excluding carboxylic acids is 3. The lowest BCUT2D eigenvalue weighted by Crippen LogP contribution is -2.30. The van der Waals surface area contributed by atoms with E-state index >= 15 is 0 Å². The van der Waals surface area contributed by atoms with Gasteiger partial charge in [-0.15, -0.1) is 0 Å². The van der Waals surface area contributed by atoms with E-state index in [9.17, 15) is 24.3 Å². The van der Waals surface area contributed by atoms with Crippen LogP contribution in [-0.4, -0.2) is 35.7 Å². The quantitative estimate of drug-likeness (QED) is 0.365. The molecule has 0 spiro atoms. The standard InChI is InChI=1S/C25H19NO6/c1-32-19-12-10-16(11-13-19)22(27)20-21(15-6-3-2-4-7-15)26(24(29)23(20)28)18-9-5-8-17(14-18)25(30)31/h2-14,20-21H,1H3,(H,30,31). The molecule has 1 heterocycles. The Labute approximate surface area is 183 Å². The second-order valence-corrected chi connectivity index (χ2v) is 7.32. The summed E-state index contributed by atoms with van der Waals surface area (Å²) in [4.78, 5) is 52.2. The lowest BCUT2D eigenvalue weighted by molar-refractivity contribution is -0.135. The Bertz CT molecular complexity index is 1200. The molecule has 32 heavy (non-hydrogen) atoms. The number of anilines is 1. The van der Waals surface area contributed by atoms with E-state index in [0.29, 0.717) is 11.3 Å². The van der Waals surface area contributed by atoms with Crippen LogP contribution in [0.4, 0.5) is 5.69 Å². The molecule has 0 aliphatic carbocycles. The van der Waals surface area contributed by atoms with E-state index < -0.39 is 35.4 Å². The molecule has 1 aliphatic heterocycles. The fraction of sp³-hybridized carbons (Fsp3) is 0.120. The molecule has 1 amide bonds. The second kappa shape index (κ2) is 8.47. The Morgan fingerprint density at radius 2 is 1.56 bits per heavy atom. The number of ether oxygens (including phenoxy) is 1. The predicted molar refractivity (Wildman–Crippen MR) is 116 cm³/mol. The first kappa shape index (κ1) is 21.0. The molecule has 3 aromatic carbocycles. The minimum atomic E-state index is -1.27. The van der Waals surface area contributed by atoms with E-state index in [1.54, 1.807) is 60.7 Å². The largest absolute Gasteiger partial charge is 0.497 e. The minimum Gasteiger partial charge on any atom is -0.497 e. The van der Waals surface area contributed by atoms with Gasteiger partial charge in [-0.25, -0.2) is 4.79 Å². The van der Waals surface area contributed by atoms with Gasteiger partial charge in [0, 0.05) is 11.3 Å². The number of hydrogen-bond donors (Lipinski definition) is 1. The highest BCUT2D eigenvalue weighted by Gasteiger charge is 2.52. The monoisotopic (exact) mass is 429 g/mol. The number of carbonyl (C=O) groups is 4. The van der Waals surface area contributed by atoms with Gasteiger partial charge in [-0.05, 0) is 48.0 Å². The highest BCUT2D eigenvalue weighted by atomic mass is 16.5. The minimum absolute atomic E-state index is 0.0282. The third kappa shape index (κ3) is 3.65. The number of Topliss-reactive ketones (excluding diaryl/α,β-unsaturated/α-hetero) is 2. The Kier molecular flexibility index (Phi) is 5.55. The van der Waals surface area contributed by atoms with Crippen molar-refractivity contribution in [3.63, 3.8) is 0 Å². The summed E-state index contributed by atoms with van der Waals surface area (Å²) in [7, 11) is 1.50. The highest BCUT2D eigenvalue weighted by Crippen LogP contribution is 2.41. The third-order valence-corrected chi connectivity index (χ3v) is 5.48. The average Bonchev–Trinajstić information content (AvgIpc) is 3.09. The van der Waals surface area contributed by atoms with Crippen LogP contribution in [0.3, 0.4) is 0 Å². The van der Waals surface area contributed by atoms with Gasteiger partial charge >= 0.3 is 5.97 Å². The van der Waals surface area contributed by atoms with Crippen molar-refractivity contribution in [2.75, 3.05) is 12.0 Å². The van der Waals surface area contributed by atoms with Crippen molar-refractivity contribution in [2.24, 2.45) is 5.92 Å². The molecule has 1 N–H and O–H groups in total. The molecule has 3 aromatic rings. The van der Waals surface area contributed by atoms with Crippen LogP contribution in [0.25, 0.3) is 0 Å². The maximum absolute atomic E-state index is 13.4. The van der Waals surface area contributed by atoms with E-state index in [2.05, 4.69) is 0 Å². The van der Waals surface area contributed by atoms with Crippen LogP contribution in [-0.2, 0) is 9.59 Å². The molecule has 160 valence electrons. The number of carboxylic acids is 1. The maximum atomic E-state index is 13.4. The summed E-state index contributed by atoms with van der Waals surface area (Å²) in [6.45, 7) is 0. The molecule has 7 nitrogen and oxygen atoms in total. The first-order chi connectivity index (χ1) is 15.4. The lowest BCUT2D eigenvalue weighted by atomic mass is 9.86. The molecule has 1 fully saturated rings. The van der Waals surface area contributed by atoms with Gasteiger partial charge in [0.1, 0.15) is 11.7 Å². The van der Waals surface area contributed by atoms with Gasteiger partial charge in [-0.1, -0.05) is 36.4 Å². The third-order valence-electron chi connectivity index (χ3n) is 5.48. The zero-order valence-corrected chi connectivity index (χ0v) is 17.1. The summed E-state index contributed by atoms with van der Waals surface area (Å²) in [6, 6.07) is 19.9. The lowest BCUT2D eigenvalue weighted by Gasteiger charge is -2.27. The summed E-state index contributed by atoms with van der Waals surface area (Å²) in [5.41, 5.74) is 1.08. The van der Waals surface area contributed by atoms with Crippen molar-refractivity contribution in [1.29, 1.82) is 0 Å². The summed E-state index contributed by atoms with van der Waals surface area (Å²) >= 11 is 0. The summed E-state index contributed by atoms with van der Waals surface area (Å²) in [5, 5.41) is 9.35. The fourth-order valence-corrected chi connectivity index (χ4v) is 3.93. The Balaban J connectivity index is 1.83. The van der Waals surface area contributed by atoms with Gasteiger partial charge in [-0.3, -0.25) is 19.3 Å². The van der Waals surface area contributed by atoms with Crippen molar-refractivity contribution in [2.45, 2.75) is 6.04 Å². The Morgan fingerprint density at radius 3 is 2.19 bits per heavy atom. The number of hydrogen-bond acceptors (Lipinski definition) is 5. The molecule has 0 saturated carbocycles. The molecule has 4 rings (SSSR count). The van der Waals surface area contributed by atoms with Gasteiger partial charge < -0.3 is 9.84 Å². The molecule has 7 heteroatoms. The topological polar surface area (TPSA) is 101 Å². The fourth-order valence-electron chi connectivity index (χ4n) is 3.93. The van der Waals surface area contributed by atoms with Crippen LogP contribution in [0.5, 0.6) is 5.75 Å². The molecule has 1 saturated heterocycles.